The Bertz CT molecular complexity index is 258. The summed E-state index contributed by atoms with van der Waals surface area (Å²) < 4.78 is 5.26. The fourth-order valence-corrected chi connectivity index (χ4v) is 1.81. The molecule has 1 aromatic carbocycles. The Kier molecular flexibility index (Phi) is 3.48. The Hall–Kier alpha value is -0.630. The van der Waals surface area contributed by atoms with E-state index in [9.17, 15) is 0 Å². The molecule has 0 saturated carbocycles. The van der Waals surface area contributed by atoms with Gasteiger partial charge in [0.15, 0.2) is 0 Å². The molecule has 1 aromatic rings. The van der Waals surface area contributed by atoms with Gasteiger partial charge in [0.2, 0.25) is 0 Å². The van der Waals surface area contributed by atoms with Crippen LogP contribution in [-0.2, 0) is 0 Å². The molecule has 0 amide bonds. The fraction of sp³-hybridized carbons (Fsp3) is 0.400. The average Bonchev–Trinajstić information content (AvgIpc) is 2.08. The monoisotopic (exact) mass is 182 g/mol. The number of hydrogen-bond acceptors (Lipinski definition) is 2. The molecular weight excluding hydrogens is 168 g/mol. The van der Waals surface area contributed by atoms with E-state index < -0.39 is 0 Å². The Labute approximate surface area is 78.1 Å². The Morgan fingerprint density at radius 1 is 1.42 bits per heavy atom. The van der Waals surface area contributed by atoms with Crippen LogP contribution in [0.25, 0.3) is 0 Å². The molecule has 0 atom stereocenters. The normalized spacial score (nSPS) is 9.92. The number of aryl methyl sites for hydroxylation is 1. The smallest absolute Gasteiger partial charge is 0.132 e. The Balaban J connectivity index is 2.94. The molecule has 0 saturated heterocycles. The van der Waals surface area contributed by atoms with Gasteiger partial charge in [0, 0.05) is 4.90 Å². The number of ether oxygens (including phenoxy) is 1. The number of methoxy groups -OCH3 is 1. The van der Waals surface area contributed by atoms with Gasteiger partial charge in [-0.2, -0.15) is 0 Å². The van der Waals surface area contributed by atoms with Gasteiger partial charge in [-0.05, 0) is 30.4 Å². The minimum atomic E-state index is 0.988. The molecule has 0 unspecified atom stereocenters. The van der Waals surface area contributed by atoms with Crippen molar-refractivity contribution in [1.82, 2.24) is 0 Å². The van der Waals surface area contributed by atoms with Gasteiger partial charge >= 0.3 is 0 Å². The van der Waals surface area contributed by atoms with Gasteiger partial charge in [-0.15, -0.1) is 11.8 Å². The summed E-state index contributed by atoms with van der Waals surface area (Å²) in [6.45, 7) is 4.22. The van der Waals surface area contributed by atoms with Gasteiger partial charge in [-0.25, -0.2) is 0 Å². The lowest BCUT2D eigenvalue weighted by molar-refractivity contribution is 0.404. The molecule has 12 heavy (non-hydrogen) atoms. The van der Waals surface area contributed by atoms with Crippen LogP contribution in [-0.4, -0.2) is 12.9 Å². The zero-order chi connectivity index (χ0) is 8.97. The van der Waals surface area contributed by atoms with Crippen molar-refractivity contribution >= 4 is 11.8 Å². The topological polar surface area (TPSA) is 9.23 Å². The third kappa shape index (κ3) is 2.18. The van der Waals surface area contributed by atoms with Crippen molar-refractivity contribution in [2.75, 3.05) is 12.9 Å². The third-order valence-corrected chi connectivity index (χ3v) is 2.56. The van der Waals surface area contributed by atoms with E-state index in [1.54, 1.807) is 7.11 Å². The second-order valence-corrected chi connectivity index (χ2v) is 3.89. The molecule has 0 heterocycles. The molecule has 0 radical (unpaired) electrons. The molecule has 2 heteroatoms. The number of hydrogen-bond donors (Lipinski definition) is 0. The van der Waals surface area contributed by atoms with E-state index in [-0.39, 0.29) is 0 Å². The summed E-state index contributed by atoms with van der Waals surface area (Å²) in [6.07, 6.45) is 0. The van der Waals surface area contributed by atoms with Crippen LogP contribution in [0, 0.1) is 6.92 Å². The summed E-state index contributed by atoms with van der Waals surface area (Å²) in [5.74, 6) is 2.07. The first-order chi connectivity index (χ1) is 5.77. The van der Waals surface area contributed by atoms with Crippen LogP contribution < -0.4 is 4.74 Å². The van der Waals surface area contributed by atoms with Crippen molar-refractivity contribution in [3.8, 4) is 5.75 Å². The van der Waals surface area contributed by atoms with Crippen LogP contribution in [0.5, 0.6) is 5.75 Å². The van der Waals surface area contributed by atoms with E-state index >= 15 is 0 Å². The highest BCUT2D eigenvalue weighted by atomic mass is 32.2. The van der Waals surface area contributed by atoms with Crippen molar-refractivity contribution in [3.05, 3.63) is 23.8 Å². The molecule has 1 nitrogen and oxygen atoms in total. The van der Waals surface area contributed by atoms with E-state index in [2.05, 4.69) is 32.0 Å². The zero-order valence-corrected chi connectivity index (χ0v) is 8.57. The highest BCUT2D eigenvalue weighted by Gasteiger charge is 2.01. The molecule has 0 aromatic heterocycles. The Morgan fingerprint density at radius 3 is 2.75 bits per heavy atom. The maximum Gasteiger partial charge on any atom is 0.132 e. The summed E-state index contributed by atoms with van der Waals surface area (Å²) in [4.78, 5) is 1.23. The SMILES string of the molecule is CCSc1ccc(C)cc1OC. The first-order valence-corrected chi connectivity index (χ1v) is 5.04. The molecule has 0 spiro atoms. The first-order valence-electron chi connectivity index (χ1n) is 4.05. The van der Waals surface area contributed by atoms with Crippen molar-refractivity contribution in [3.63, 3.8) is 0 Å². The van der Waals surface area contributed by atoms with Crippen LogP contribution in [0.2, 0.25) is 0 Å². The highest BCUT2D eigenvalue weighted by molar-refractivity contribution is 7.99. The summed E-state index contributed by atoms with van der Waals surface area (Å²) in [5, 5.41) is 0. The molecule has 1 rings (SSSR count). The second kappa shape index (κ2) is 4.41. The first kappa shape index (κ1) is 9.46. The molecule has 0 aliphatic heterocycles. The minimum absolute atomic E-state index is 0.988. The van der Waals surface area contributed by atoms with Gasteiger partial charge in [0.1, 0.15) is 5.75 Å². The van der Waals surface area contributed by atoms with Gasteiger partial charge in [0.25, 0.3) is 0 Å². The van der Waals surface area contributed by atoms with Crippen LogP contribution >= 0.6 is 11.8 Å². The summed E-state index contributed by atoms with van der Waals surface area (Å²) >= 11 is 1.81. The molecular formula is C10H14OS. The van der Waals surface area contributed by atoms with Gasteiger partial charge in [0.05, 0.1) is 7.11 Å². The van der Waals surface area contributed by atoms with Crippen molar-refractivity contribution in [2.24, 2.45) is 0 Å². The standard InChI is InChI=1S/C10H14OS/c1-4-12-10-6-5-8(2)7-9(10)11-3/h5-7H,4H2,1-3H3. The third-order valence-electron chi connectivity index (χ3n) is 1.62. The predicted molar refractivity (Wildman–Crippen MR) is 54.1 cm³/mol. The van der Waals surface area contributed by atoms with Crippen LogP contribution in [0.1, 0.15) is 12.5 Å². The van der Waals surface area contributed by atoms with Crippen LogP contribution in [0.4, 0.5) is 0 Å². The lowest BCUT2D eigenvalue weighted by Crippen LogP contribution is -1.87. The number of benzene rings is 1. The van der Waals surface area contributed by atoms with Crippen molar-refractivity contribution in [2.45, 2.75) is 18.7 Å². The predicted octanol–water partition coefficient (Wildman–Crippen LogP) is 3.12. The Morgan fingerprint density at radius 2 is 2.17 bits per heavy atom. The molecule has 66 valence electrons. The maximum atomic E-state index is 5.26. The van der Waals surface area contributed by atoms with Crippen LogP contribution in [0.15, 0.2) is 23.1 Å². The summed E-state index contributed by atoms with van der Waals surface area (Å²) in [6, 6.07) is 6.29. The average molecular weight is 182 g/mol. The highest BCUT2D eigenvalue weighted by Crippen LogP contribution is 2.29. The molecule has 0 aliphatic carbocycles. The van der Waals surface area contributed by atoms with Gasteiger partial charge in [-0.1, -0.05) is 13.0 Å². The van der Waals surface area contributed by atoms with E-state index in [0.29, 0.717) is 0 Å². The fourth-order valence-electron chi connectivity index (χ4n) is 1.05. The number of thioether (sulfide) groups is 1. The van der Waals surface area contributed by atoms with Crippen molar-refractivity contribution < 1.29 is 4.74 Å². The second-order valence-electron chi connectivity index (χ2n) is 2.59. The molecule has 0 N–H and O–H groups in total. The van der Waals surface area contributed by atoms with E-state index in [4.69, 9.17) is 4.74 Å². The molecule has 0 fully saturated rings. The van der Waals surface area contributed by atoms with E-state index in [1.807, 2.05) is 11.8 Å². The van der Waals surface area contributed by atoms with Crippen molar-refractivity contribution in [1.29, 1.82) is 0 Å². The van der Waals surface area contributed by atoms with Gasteiger partial charge < -0.3 is 4.74 Å². The summed E-state index contributed by atoms with van der Waals surface area (Å²) in [7, 11) is 1.72. The summed E-state index contributed by atoms with van der Waals surface area (Å²) in [5.41, 5.74) is 1.24. The zero-order valence-electron chi connectivity index (χ0n) is 7.76. The largest absolute Gasteiger partial charge is 0.496 e. The van der Waals surface area contributed by atoms with Gasteiger partial charge in [-0.3, -0.25) is 0 Å². The molecule has 0 bridgehead atoms. The quantitative estimate of drug-likeness (QED) is 0.664. The minimum Gasteiger partial charge on any atom is -0.496 e. The maximum absolute atomic E-state index is 5.26. The lowest BCUT2D eigenvalue weighted by atomic mass is 10.2. The van der Waals surface area contributed by atoms with E-state index in [0.717, 1.165) is 11.5 Å². The van der Waals surface area contributed by atoms with Crippen LogP contribution in [0.3, 0.4) is 0 Å². The van der Waals surface area contributed by atoms with E-state index in [1.165, 1.54) is 10.5 Å². The number of rotatable bonds is 3. The lowest BCUT2D eigenvalue weighted by Gasteiger charge is -2.07. The molecule has 0 aliphatic rings.